The first-order chi connectivity index (χ1) is 14.6. The Bertz CT molecular complexity index is 1040. The maximum Gasteiger partial charge on any atom is 0.255 e. The van der Waals surface area contributed by atoms with Crippen molar-refractivity contribution in [3.8, 4) is 5.75 Å². The van der Waals surface area contributed by atoms with E-state index in [9.17, 15) is 9.90 Å². The van der Waals surface area contributed by atoms with Crippen molar-refractivity contribution in [3.05, 3.63) is 64.3 Å². The Morgan fingerprint density at radius 3 is 2.70 bits per heavy atom. The largest absolute Gasteiger partial charge is 0.507 e. The average molecular weight is 469 g/mol. The first kappa shape index (κ1) is 21.0. The van der Waals surface area contributed by atoms with Gasteiger partial charge in [-0.15, -0.1) is 0 Å². The van der Waals surface area contributed by atoms with Crippen LogP contribution in [0.2, 0.25) is 0 Å². The molecule has 1 aliphatic rings. The Morgan fingerprint density at radius 2 is 1.93 bits per heavy atom. The van der Waals surface area contributed by atoms with E-state index in [0.29, 0.717) is 23.9 Å². The third-order valence-electron chi connectivity index (χ3n) is 6.50. The lowest BCUT2D eigenvalue weighted by Gasteiger charge is -2.30. The van der Waals surface area contributed by atoms with Crippen LogP contribution in [0, 0.1) is 5.92 Å². The fourth-order valence-corrected chi connectivity index (χ4v) is 5.58. The molecule has 0 spiro atoms. The number of aromatic hydroxyl groups is 1. The van der Waals surface area contributed by atoms with Crippen molar-refractivity contribution >= 4 is 32.7 Å². The number of benzene rings is 2. The second-order valence-corrected chi connectivity index (χ2v) is 9.25. The molecule has 158 valence electrons. The van der Waals surface area contributed by atoms with Crippen molar-refractivity contribution < 1.29 is 9.90 Å². The standard InChI is InChI=1S/C25H29BrN2O2/c1-28-16-20(24-21(26)11-7-12-22(24)28)18(17-8-3-2-4-9-17)14-15-27-25(30)19-10-5-6-13-23(19)29/h5-7,10-13,16-18,29H,2-4,8-9,14-15H2,1H3,(H,27,30). The Kier molecular flexibility index (Phi) is 6.47. The molecule has 1 saturated carbocycles. The van der Waals surface area contributed by atoms with Crippen LogP contribution in [-0.4, -0.2) is 22.1 Å². The van der Waals surface area contributed by atoms with Gasteiger partial charge in [0.05, 0.1) is 5.56 Å². The number of carbonyl (C=O) groups excluding carboxylic acids is 1. The van der Waals surface area contributed by atoms with E-state index < -0.39 is 0 Å². The van der Waals surface area contributed by atoms with E-state index >= 15 is 0 Å². The van der Waals surface area contributed by atoms with Gasteiger partial charge in [-0.2, -0.15) is 0 Å². The summed E-state index contributed by atoms with van der Waals surface area (Å²) < 4.78 is 3.35. The zero-order chi connectivity index (χ0) is 21.1. The summed E-state index contributed by atoms with van der Waals surface area (Å²) in [7, 11) is 2.11. The third-order valence-corrected chi connectivity index (χ3v) is 7.16. The second-order valence-electron chi connectivity index (χ2n) is 8.40. The molecule has 0 radical (unpaired) electrons. The number of hydrogen-bond acceptors (Lipinski definition) is 2. The second kappa shape index (κ2) is 9.25. The highest BCUT2D eigenvalue weighted by Gasteiger charge is 2.28. The molecule has 0 bridgehead atoms. The maximum atomic E-state index is 12.5. The van der Waals surface area contributed by atoms with Gasteiger partial charge in [0.15, 0.2) is 0 Å². The van der Waals surface area contributed by atoms with Crippen LogP contribution < -0.4 is 5.32 Å². The van der Waals surface area contributed by atoms with Crippen molar-refractivity contribution in [1.29, 1.82) is 0 Å². The van der Waals surface area contributed by atoms with Gasteiger partial charge in [-0.1, -0.05) is 53.4 Å². The topological polar surface area (TPSA) is 54.3 Å². The number of aromatic nitrogens is 1. The SMILES string of the molecule is Cn1cc(C(CCNC(=O)c2ccccc2O)C2CCCCC2)c2c(Br)cccc21. The summed E-state index contributed by atoms with van der Waals surface area (Å²) in [5.74, 6) is 0.849. The quantitative estimate of drug-likeness (QED) is 0.456. The lowest BCUT2D eigenvalue weighted by molar-refractivity contribution is 0.0948. The molecule has 1 heterocycles. The summed E-state index contributed by atoms with van der Waals surface area (Å²) in [6, 6.07) is 13.1. The molecule has 3 aromatic rings. The van der Waals surface area contributed by atoms with Gasteiger partial charge < -0.3 is 15.0 Å². The van der Waals surface area contributed by atoms with E-state index in [1.807, 2.05) is 0 Å². The molecule has 5 heteroatoms. The summed E-state index contributed by atoms with van der Waals surface area (Å²) in [6.07, 6.45) is 9.57. The number of phenols is 1. The molecular formula is C25H29BrN2O2. The fourth-order valence-electron chi connectivity index (χ4n) is 5.00. The zero-order valence-corrected chi connectivity index (χ0v) is 19.0. The van der Waals surface area contributed by atoms with E-state index in [2.05, 4.69) is 57.3 Å². The number of aryl methyl sites for hydroxylation is 1. The summed E-state index contributed by atoms with van der Waals surface area (Å²) in [4.78, 5) is 12.5. The normalized spacial score (nSPS) is 15.9. The van der Waals surface area contributed by atoms with Crippen LogP contribution in [0.4, 0.5) is 0 Å². The lowest BCUT2D eigenvalue weighted by atomic mass is 9.75. The van der Waals surface area contributed by atoms with Gasteiger partial charge in [-0.05, 0) is 60.9 Å². The van der Waals surface area contributed by atoms with Gasteiger partial charge in [0.2, 0.25) is 0 Å². The van der Waals surface area contributed by atoms with Crippen molar-refractivity contribution in [3.63, 3.8) is 0 Å². The lowest BCUT2D eigenvalue weighted by Crippen LogP contribution is -2.27. The van der Waals surface area contributed by atoms with Crippen LogP contribution in [0.3, 0.4) is 0 Å². The average Bonchev–Trinajstić information content (AvgIpc) is 3.09. The third kappa shape index (κ3) is 4.27. The molecule has 4 rings (SSSR count). The van der Waals surface area contributed by atoms with E-state index in [-0.39, 0.29) is 11.7 Å². The Labute approximate surface area is 186 Å². The predicted molar refractivity (Wildman–Crippen MR) is 125 cm³/mol. The molecule has 1 aromatic heterocycles. The number of halogens is 1. The van der Waals surface area contributed by atoms with Crippen LogP contribution in [0.1, 0.15) is 60.4 Å². The smallest absolute Gasteiger partial charge is 0.255 e. The number of nitrogens with zero attached hydrogens (tertiary/aromatic N) is 1. The Morgan fingerprint density at radius 1 is 1.17 bits per heavy atom. The van der Waals surface area contributed by atoms with E-state index in [0.717, 1.165) is 10.9 Å². The molecule has 30 heavy (non-hydrogen) atoms. The molecule has 1 unspecified atom stereocenters. The molecule has 0 saturated heterocycles. The number of carbonyl (C=O) groups is 1. The summed E-state index contributed by atoms with van der Waals surface area (Å²) >= 11 is 3.77. The number of rotatable bonds is 6. The highest BCUT2D eigenvalue weighted by atomic mass is 79.9. The number of nitrogens with one attached hydrogen (secondary N) is 1. The zero-order valence-electron chi connectivity index (χ0n) is 17.4. The Balaban J connectivity index is 1.57. The summed E-state index contributed by atoms with van der Waals surface area (Å²) in [6.45, 7) is 0.592. The molecule has 1 fully saturated rings. The minimum Gasteiger partial charge on any atom is -0.507 e. The van der Waals surface area contributed by atoms with Crippen LogP contribution in [0.15, 0.2) is 53.1 Å². The molecule has 2 aromatic carbocycles. The number of phenolic OH excluding ortho intramolecular Hbond substituents is 1. The molecule has 1 amide bonds. The van der Waals surface area contributed by atoms with Crippen molar-refractivity contribution in [2.45, 2.75) is 44.4 Å². The van der Waals surface area contributed by atoms with Crippen molar-refractivity contribution in [2.24, 2.45) is 13.0 Å². The van der Waals surface area contributed by atoms with Crippen molar-refractivity contribution in [2.75, 3.05) is 6.54 Å². The molecule has 0 aliphatic heterocycles. The Hall–Kier alpha value is -2.27. The number of hydrogen-bond donors (Lipinski definition) is 2. The highest BCUT2D eigenvalue weighted by Crippen LogP contribution is 2.42. The van der Waals surface area contributed by atoms with Crippen LogP contribution in [-0.2, 0) is 7.05 Å². The van der Waals surface area contributed by atoms with Crippen LogP contribution in [0.5, 0.6) is 5.75 Å². The molecule has 1 aliphatic carbocycles. The van der Waals surface area contributed by atoms with Crippen molar-refractivity contribution in [1.82, 2.24) is 9.88 Å². The monoisotopic (exact) mass is 468 g/mol. The number of para-hydroxylation sites is 1. The predicted octanol–water partition coefficient (Wildman–Crippen LogP) is 6.13. The van der Waals surface area contributed by atoms with Gasteiger partial charge in [0.1, 0.15) is 5.75 Å². The number of amides is 1. The van der Waals surface area contributed by atoms with E-state index in [4.69, 9.17) is 0 Å². The molecule has 1 atom stereocenters. The molecular weight excluding hydrogens is 440 g/mol. The van der Waals surface area contributed by atoms with Crippen LogP contribution >= 0.6 is 15.9 Å². The van der Waals surface area contributed by atoms with Gasteiger partial charge in [-0.3, -0.25) is 4.79 Å². The van der Waals surface area contributed by atoms with E-state index in [1.165, 1.54) is 48.6 Å². The first-order valence-corrected chi connectivity index (χ1v) is 11.6. The highest BCUT2D eigenvalue weighted by molar-refractivity contribution is 9.10. The van der Waals surface area contributed by atoms with Crippen LogP contribution in [0.25, 0.3) is 10.9 Å². The molecule has 4 nitrogen and oxygen atoms in total. The van der Waals surface area contributed by atoms with Gasteiger partial charge in [-0.25, -0.2) is 0 Å². The summed E-state index contributed by atoms with van der Waals surface area (Å²) in [5.41, 5.74) is 2.95. The number of fused-ring (bicyclic) bond motifs is 1. The summed E-state index contributed by atoms with van der Waals surface area (Å²) in [5, 5.41) is 14.3. The minimum atomic E-state index is -0.213. The van der Waals surface area contributed by atoms with Gasteiger partial charge in [0, 0.05) is 35.2 Å². The first-order valence-electron chi connectivity index (χ1n) is 10.9. The minimum absolute atomic E-state index is 0.0248. The maximum absolute atomic E-state index is 12.5. The van der Waals surface area contributed by atoms with Gasteiger partial charge >= 0.3 is 0 Å². The fraction of sp³-hybridized carbons (Fsp3) is 0.400. The molecule has 2 N–H and O–H groups in total. The van der Waals surface area contributed by atoms with Gasteiger partial charge in [0.25, 0.3) is 5.91 Å². The van der Waals surface area contributed by atoms with E-state index in [1.54, 1.807) is 24.3 Å².